The zero-order valence-electron chi connectivity index (χ0n) is 15.4. The number of rotatable bonds is 4. The number of benzene rings is 1. The molecule has 5 nitrogen and oxygen atoms in total. The summed E-state index contributed by atoms with van der Waals surface area (Å²) in [5.74, 6) is 0.0239. The van der Waals surface area contributed by atoms with E-state index in [1.807, 2.05) is 33.9 Å². The van der Waals surface area contributed by atoms with Crippen molar-refractivity contribution < 1.29 is 4.79 Å². The number of anilines is 1. The van der Waals surface area contributed by atoms with Crippen molar-refractivity contribution in [2.24, 2.45) is 7.05 Å². The minimum atomic E-state index is -0.174. The van der Waals surface area contributed by atoms with E-state index < -0.39 is 0 Å². The fraction of sp³-hybridized carbons (Fsp3) is 0.400. The lowest BCUT2D eigenvalue weighted by molar-refractivity contribution is -0.120. The Balaban J connectivity index is 1.65. The average Bonchev–Trinajstić information content (AvgIpc) is 2.88. The van der Waals surface area contributed by atoms with Gasteiger partial charge in [0.25, 0.3) is 0 Å². The van der Waals surface area contributed by atoms with Crippen molar-refractivity contribution in [1.29, 1.82) is 0 Å². The lowest BCUT2D eigenvalue weighted by Gasteiger charge is -2.31. The molecule has 0 saturated heterocycles. The fourth-order valence-electron chi connectivity index (χ4n) is 3.30. The lowest BCUT2D eigenvalue weighted by atomic mass is 9.99. The molecule has 0 unspecified atom stereocenters. The Morgan fingerprint density at radius 3 is 2.52 bits per heavy atom. The molecule has 25 heavy (non-hydrogen) atoms. The summed E-state index contributed by atoms with van der Waals surface area (Å²) in [4.78, 5) is 14.9. The van der Waals surface area contributed by atoms with Gasteiger partial charge in [-0.3, -0.25) is 14.4 Å². The SMILES string of the molecule is Cc1nn(C)c(C)c1NC(=O)[C@@H](C)N1CC=C(c2ccccc2)CC1. The van der Waals surface area contributed by atoms with E-state index >= 15 is 0 Å². The fourth-order valence-corrected chi connectivity index (χ4v) is 3.30. The van der Waals surface area contributed by atoms with E-state index in [1.165, 1.54) is 11.1 Å². The molecule has 1 aliphatic heterocycles. The molecule has 0 spiro atoms. The first kappa shape index (κ1) is 17.4. The maximum absolute atomic E-state index is 12.7. The minimum Gasteiger partial charge on any atom is -0.322 e. The van der Waals surface area contributed by atoms with Crippen molar-refractivity contribution in [3.05, 3.63) is 53.4 Å². The van der Waals surface area contributed by atoms with Crippen molar-refractivity contribution >= 4 is 17.2 Å². The van der Waals surface area contributed by atoms with Gasteiger partial charge in [-0.2, -0.15) is 5.10 Å². The van der Waals surface area contributed by atoms with E-state index in [9.17, 15) is 4.79 Å². The highest BCUT2D eigenvalue weighted by molar-refractivity contribution is 5.95. The first-order valence-electron chi connectivity index (χ1n) is 8.77. The van der Waals surface area contributed by atoms with Crippen LogP contribution in [0.4, 0.5) is 5.69 Å². The van der Waals surface area contributed by atoms with Gasteiger partial charge in [-0.05, 0) is 38.3 Å². The first-order valence-corrected chi connectivity index (χ1v) is 8.77. The summed E-state index contributed by atoms with van der Waals surface area (Å²) in [5.41, 5.74) is 5.30. The van der Waals surface area contributed by atoms with Crippen molar-refractivity contribution in [1.82, 2.24) is 14.7 Å². The van der Waals surface area contributed by atoms with Crippen molar-refractivity contribution in [3.8, 4) is 0 Å². The molecule has 0 aliphatic carbocycles. The second kappa shape index (κ2) is 7.23. The number of nitrogens with one attached hydrogen (secondary N) is 1. The third-order valence-electron chi connectivity index (χ3n) is 5.07. The topological polar surface area (TPSA) is 50.2 Å². The molecule has 1 atom stereocenters. The van der Waals surface area contributed by atoms with Gasteiger partial charge in [0.05, 0.1) is 23.1 Å². The van der Waals surface area contributed by atoms with Gasteiger partial charge in [-0.15, -0.1) is 0 Å². The average molecular weight is 338 g/mol. The Morgan fingerprint density at radius 2 is 1.96 bits per heavy atom. The molecule has 2 heterocycles. The largest absolute Gasteiger partial charge is 0.322 e. The Kier molecular flexibility index (Phi) is 5.04. The minimum absolute atomic E-state index is 0.0239. The number of hydrogen-bond acceptors (Lipinski definition) is 3. The number of amides is 1. The molecule has 2 aromatic rings. The molecule has 1 aliphatic rings. The zero-order valence-corrected chi connectivity index (χ0v) is 15.4. The molecule has 1 N–H and O–H groups in total. The molecule has 5 heteroatoms. The molecule has 0 bridgehead atoms. The van der Waals surface area contributed by atoms with Crippen LogP contribution in [-0.4, -0.2) is 39.7 Å². The van der Waals surface area contributed by atoms with E-state index in [0.717, 1.165) is 36.6 Å². The standard InChI is InChI=1S/C20H26N4O/c1-14-19(15(2)23(4)22-14)21-20(25)16(3)24-12-10-18(11-13-24)17-8-6-5-7-9-17/h5-10,16H,11-13H2,1-4H3,(H,21,25)/t16-/m1/s1. The molecule has 0 fully saturated rings. The molecule has 1 aromatic heterocycles. The third-order valence-corrected chi connectivity index (χ3v) is 5.07. The normalized spacial score (nSPS) is 16.4. The van der Waals surface area contributed by atoms with Crippen LogP contribution in [0, 0.1) is 13.8 Å². The summed E-state index contributed by atoms with van der Waals surface area (Å²) in [6.45, 7) is 7.54. The molecule has 1 amide bonds. The van der Waals surface area contributed by atoms with Gasteiger partial charge >= 0.3 is 0 Å². The van der Waals surface area contributed by atoms with Gasteiger partial charge in [-0.25, -0.2) is 0 Å². The predicted molar refractivity (Wildman–Crippen MR) is 101 cm³/mol. The first-order chi connectivity index (χ1) is 12.0. The van der Waals surface area contributed by atoms with Crippen LogP contribution >= 0.6 is 0 Å². The number of carbonyl (C=O) groups is 1. The highest BCUT2D eigenvalue weighted by atomic mass is 16.2. The Bertz CT molecular complexity index is 792. The molecular weight excluding hydrogens is 312 g/mol. The molecule has 0 radical (unpaired) electrons. The third kappa shape index (κ3) is 3.66. The summed E-state index contributed by atoms with van der Waals surface area (Å²) in [5, 5.41) is 7.41. The van der Waals surface area contributed by atoms with Crippen molar-refractivity contribution in [2.45, 2.75) is 33.2 Å². The maximum Gasteiger partial charge on any atom is 0.241 e. The number of aryl methyl sites for hydroxylation is 2. The van der Waals surface area contributed by atoms with E-state index in [1.54, 1.807) is 4.68 Å². The molecule has 1 aromatic carbocycles. The summed E-state index contributed by atoms with van der Waals surface area (Å²) in [6.07, 6.45) is 3.20. The Hall–Kier alpha value is -2.40. The molecule has 0 saturated carbocycles. The highest BCUT2D eigenvalue weighted by Gasteiger charge is 2.24. The van der Waals surface area contributed by atoms with E-state index in [2.05, 4.69) is 45.7 Å². The van der Waals surface area contributed by atoms with Crippen molar-refractivity contribution in [2.75, 3.05) is 18.4 Å². The van der Waals surface area contributed by atoms with Gasteiger partial charge in [0, 0.05) is 20.1 Å². The number of hydrogen-bond donors (Lipinski definition) is 1. The molecular formula is C20H26N4O. The summed E-state index contributed by atoms with van der Waals surface area (Å²) >= 11 is 0. The summed E-state index contributed by atoms with van der Waals surface area (Å²) in [6, 6.07) is 10.3. The molecule has 3 rings (SSSR count). The van der Waals surface area contributed by atoms with Crippen LogP contribution < -0.4 is 5.32 Å². The van der Waals surface area contributed by atoms with E-state index in [4.69, 9.17) is 0 Å². The van der Waals surface area contributed by atoms with Crippen molar-refractivity contribution in [3.63, 3.8) is 0 Å². The van der Waals surface area contributed by atoms with Gasteiger partial charge in [-0.1, -0.05) is 36.4 Å². The maximum atomic E-state index is 12.7. The Labute approximate surface area is 149 Å². The second-order valence-corrected chi connectivity index (χ2v) is 6.67. The lowest BCUT2D eigenvalue weighted by Crippen LogP contribution is -2.44. The predicted octanol–water partition coefficient (Wildman–Crippen LogP) is 3.15. The van der Waals surface area contributed by atoms with Crippen LogP contribution in [0.2, 0.25) is 0 Å². The smallest absolute Gasteiger partial charge is 0.241 e. The van der Waals surface area contributed by atoms with E-state index in [-0.39, 0.29) is 11.9 Å². The quantitative estimate of drug-likeness (QED) is 0.932. The van der Waals surface area contributed by atoms with Gasteiger partial charge < -0.3 is 5.32 Å². The van der Waals surface area contributed by atoms with E-state index in [0.29, 0.717) is 0 Å². The molecule has 132 valence electrons. The summed E-state index contributed by atoms with van der Waals surface area (Å²) in [7, 11) is 1.89. The summed E-state index contributed by atoms with van der Waals surface area (Å²) < 4.78 is 1.80. The van der Waals surface area contributed by atoms with Crippen LogP contribution in [0.3, 0.4) is 0 Å². The van der Waals surface area contributed by atoms with Gasteiger partial charge in [0.1, 0.15) is 0 Å². The highest BCUT2D eigenvalue weighted by Crippen LogP contribution is 2.24. The van der Waals surface area contributed by atoms with Crippen LogP contribution in [0.5, 0.6) is 0 Å². The van der Waals surface area contributed by atoms with Crippen LogP contribution in [0.15, 0.2) is 36.4 Å². The Morgan fingerprint density at radius 1 is 1.24 bits per heavy atom. The van der Waals surface area contributed by atoms with Gasteiger partial charge in [0.2, 0.25) is 5.91 Å². The monoisotopic (exact) mass is 338 g/mol. The number of nitrogens with zero attached hydrogens (tertiary/aromatic N) is 3. The zero-order chi connectivity index (χ0) is 18.0. The number of aromatic nitrogens is 2. The number of carbonyl (C=O) groups excluding carboxylic acids is 1. The van der Waals surface area contributed by atoms with Gasteiger partial charge in [0.15, 0.2) is 0 Å². The van der Waals surface area contributed by atoms with Crippen LogP contribution in [0.25, 0.3) is 5.57 Å². The van der Waals surface area contributed by atoms with Crippen LogP contribution in [-0.2, 0) is 11.8 Å². The van der Waals surface area contributed by atoms with Crippen LogP contribution in [0.1, 0.15) is 30.3 Å². The second-order valence-electron chi connectivity index (χ2n) is 6.67.